The van der Waals surface area contributed by atoms with Gasteiger partial charge < -0.3 is 11.1 Å². The highest BCUT2D eigenvalue weighted by Crippen LogP contribution is 2.20. The van der Waals surface area contributed by atoms with Crippen LogP contribution in [0.5, 0.6) is 0 Å². The molecule has 3 nitrogen and oxygen atoms in total. The number of nitrogen functional groups attached to an aromatic ring is 1. The van der Waals surface area contributed by atoms with E-state index in [1.807, 2.05) is 0 Å². The largest absolute Gasteiger partial charge is 0.399 e. The van der Waals surface area contributed by atoms with Crippen LogP contribution in [-0.4, -0.2) is 5.91 Å². The summed E-state index contributed by atoms with van der Waals surface area (Å²) < 4.78 is 0. The van der Waals surface area contributed by atoms with Gasteiger partial charge in [0.15, 0.2) is 0 Å². The third-order valence-electron chi connectivity index (χ3n) is 2.79. The Bertz CT molecular complexity index is 555. The number of amides is 1. The summed E-state index contributed by atoms with van der Waals surface area (Å²) in [6, 6.07) is 9.10. The molecule has 0 aliphatic carbocycles. The highest BCUT2D eigenvalue weighted by atomic mass is 32.1. The van der Waals surface area contributed by atoms with Crippen LogP contribution < -0.4 is 11.1 Å². The molecule has 0 bridgehead atoms. The minimum absolute atomic E-state index is 0.0917. The minimum atomic E-state index is -0.0917. The summed E-state index contributed by atoms with van der Waals surface area (Å²) in [7, 11) is 0. The fraction of sp³-hybridized carbons (Fsp3) is 0.214. The SMILES string of the molecule is Cc1cc(CNC(=O)c2cccc(N)c2)sc1C. The van der Waals surface area contributed by atoms with E-state index in [4.69, 9.17) is 5.73 Å². The topological polar surface area (TPSA) is 55.1 Å². The van der Waals surface area contributed by atoms with E-state index in [2.05, 4.69) is 25.2 Å². The number of aryl methyl sites for hydroxylation is 2. The number of carbonyl (C=O) groups excluding carboxylic acids is 1. The molecule has 1 aromatic carbocycles. The van der Waals surface area contributed by atoms with Crippen LogP contribution in [0.1, 0.15) is 25.7 Å². The van der Waals surface area contributed by atoms with Crippen LogP contribution in [0.15, 0.2) is 30.3 Å². The van der Waals surface area contributed by atoms with E-state index < -0.39 is 0 Å². The number of thiophene rings is 1. The number of hydrogen-bond donors (Lipinski definition) is 2. The van der Waals surface area contributed by atoms with E-state index in [1.165, 1.54) is 15.3 Å². The first-order valence-corrected chi connectivity index (χ1v) is 6.57. The summed E-state index contributed by atoms with van der Waals surface area (Å²) in [4.78, 5) is 14.4. The number of anilines is 1. The number of hydrogen-bond acceptors (Lipinski definition) is 3. The number of carbonyl (C=O) groups is 1. The second-order valence-corrected chi connectivity index (χ2v) is 5.60. The average molecular weight is 260 g/mol. The molecule has 2 aromatic rings. The van der Waals surface area contributed by atoms with Crippen molar-refractivity contribution >= 4 is 22.9 Å². The molecule has 2 rings (SSSR count). The zero-order chi connectivity index (χ0) is 13.1. The number of benzene rings is 1. The lowest BCUT2D eigenvalue weighted by atomic mass is 10.2. The van der Waals surface area contributed by atoms with Gasteiger partial charge in [-0.2, -0.15) is 0 Å². The van der Waals surface area contributed by atoms with E-state index in [0.717, 1.165) is 0 Å². The summed E-state index contributed by atoms with van der Waals surface area (Å²) >= 11 is 1.72. The molecule has 0 saturated heterocycles. The maximum atomic E-state index is 11.9. The Hall–Kier alpha value is -1.81. The van der Waals surface area contributed by atoms with Gasteiger partial charge in [0.25, 0.3) is 5.91 Å². The average Bonchev–Trinajstić information content (AvgIpc) is 2.66. The van der Waals surface area contributed by atoms with Gasteiger partial charge in [-0.05, 0) is 43.7 Å². The third-order valence-corrected chi connectivity index (χ3v) is 3.94. The fourth-order valence-corrected chi connectivity index (χ4v) is 2.68. The summed E-state index contributed by atoms with van der Waals surface area (Å²) in [6.45, 7) is 4.73. The number of rotatable bonds is 3. The molecule has 0 spiro atoms. The molecule has 3 N–H and O–H groups in total. The Morgan fingerprint density at radius 3 is 2.72 bits per heavy atom. The molecule has 18 heavy (non-hydrogen) atoms. The smallest absolute Gasteiger partial charge is 0.251 e. The Morgan fingerprint density at radius 1 is 1.33 bits per heavy atom. The second kappa shape index (κ2) is 5.23. The zero-order valence-corrected chi connectivity index (χ0v) is 11.3. The lowest BCUT2D eigenvalue weighted by Crippen LogP contribution is -2.22. The van der Waals surface area contributed by atoms with Gasteiger partial charge in [-0.1, -0.05) is 6.07 Å². The van der Waals surface area contributed by atoms with Crippen molar-refractivity contribution in [3.8, 4) is 0 Å². The lowest BCUT2D eigenvalue weighted by molar-refractivity contribution is 0.0951. The van der Waals surface area contributed by atoms with Gasteiger partial charge in [-0.15, -0.1) is 11.3 Å². The molecule has 0 unspecified atom stereocenters. The van der Waals surface area contributed by atoms with Crippen molar-refractivity contribution in [2.24, 2.45) is 0 Å². The summed E-state index contributed by atoms with van der Waals surface area (Å²) in [5.41, 5.74) is 8.12. The monoisotopic (exact) mass is 260 g/mol. The van der Waals surface area contributed by atoms with Crippen LogP contribution in [-0.2, 0) is 6.54 Å². The highest BCUT2D eigenvalue weighted by molar-refractivity contribution is 7.12. The van der Waals surface area contributed by atoms with E-state index in [0.29, 0.717) is 17.8 Å². The minimum Gasteiger partial charge on any atom is -0.399 e. The van der Waals surface area contributed by atoms with Crippen molar-refractivity contribution in [3.05, 3.63) is 51.2 Å². The molecule has 1 aromatic heterocycles. The molecule has 0 fully saturated rings. The van der Waals surface area contributed by atoms with Crippen molar-refractivity contribution in [1.29, 1.82) is 0 Å². The molecule has 0 atom stereocenters. The number of nitrogens with one attached hydrogen (secondary N) is 1. The predicted molar refractivity (Wildman–Crippen MR) is 75.8 cm³/mol. The molecule has 0 radical (unpaired) electrons. The van der Waals surface area contributed by atoms with Gasteiger partial charge in [0.1, 0.15) is 0 Å². The standard InChI is InChI=1S/C14H16N2OS/c1-9-6-13(18-10(9)2)8-16-14(17)11-4-3-5-12(15)7-11/h3-7H,8,15H2,1-2H3,(H,16,17). The quantitative estimate of drug-likeness (QED) is 0.834. The van der Waals surface area contributed by atoms with E-state index in [9.17, 15) is 4.79 Å². The molecule has 0 saturated carbocycles. The summed E-state index contributed by atoms with van der Waals surface area (Å²) in [6.07, 6.45) is 0. The Balaban J connectivity index is 2.00. The maximum absolute atomic E-state index is 11.9. The molecule has 1 heterocycles. The normalized spacial score (nSPS) is 10.3. The molecule has 4 heteroatoms. The van der Waals surface area contributed by atoms with Gasteiger partial charge in [0, 0.05) is 21.0 Å². The molecule has 94 valence electrons. The van der Waals surface area contributed by atoms with Gasteiger partial charge in [-0.3, -0.25) is 4.79 Å². The fourth-order valence-electron chi connectivity index (χ4n) is 1.69. The maximum Gasteiger partial charge on any atom is 0.251 e. The van der Waals surface area contributed by atoms with Gasteiger partial charge in [0.2, 0.25) is 0 Å². The van der Waals surface area contributed by atoms with Crippen LogP contribution in [0.3, 0.4) is 0 Å². The Morgan fingerprint density at radius 2 is 2.11 bits per heavy atom. The molecular formula is C14H16N2OS. The van der Waals surface area contributed by atoms with Crippen molar-refractivity contribution < 1.29 is 4.79 Å². The summed E-state index contributed by atoms with van der Waals surface area (Å²) in [5.74, 6) is -0.0917. The molecular weight excluding hydrogens is 244 g/mol. The first kappa shape index (κ1) is 12.6. The van der Waals surface area contributed by atoms with Gasteiger partial charge in [0.05, 0.1) is 6.54 Å². The third kappa shape index (κ3) is 2.90. The van der Waals surface area contributed by atoms with Crippen molar-refractivity contribution in [2.45, 2.75) is 20.4 Å². The van der Waals surface area contributed by atoms with E-state index in [-0.39, 0.29) is 5.91 Å². The summed E-state index contributed by atoms with van der Waals surface area (Å²) in [5, 5.41) is 2.90. The van der Waals surface area contributed by atoms with Crippen molar-refractivity contribution in [1.82, 2.24) is 5.32 Å². The van der Waals surface area contributed by atoms with Crippen LogP contribution in [0.4, 0.5) is 5.69 Å². The Kier molecular flexibility index (Phi) is 3.67. The lowest BCUT2D eigenvalue weighted by Gasteiger charge is -2.04. The highest BCUT2D eigenvalue weighted by Gasteiger charge is 2.07. The van der Waals surface area contributed by atoms with Crippen LogP contribution >= 0.6 is 11.3 Å². The van der Waals surface area contributed by atoms with Crippen LogP contribution in [0, 0.1) is 13.8 Å². The first-order chi connectivity index (χ1) is 8.56. The van der Waals surface area contributed by atoms with Gasteiger partial charge in [-0.25, -0.2) is 0 Å². The number of nitrogens with two attached hydrogens (primary N) is 1. The van der Waals surface area contributed by atoms with E-state index >= 15 is 0 Å². The molecule has 0 aliphatic rings. The second-order valence-electron chi connectivity index (χ2n) is 4.26. The van der Waals surface area contributed by atoms with Crippen LogP contribution in [0.25, 0.3) is 0 Å². The van der Waals surface area contributed by atoms with E-state index in [1.54, 1.807) is 35.6 Å². The van der Waals surface area contributed by atoms with Crippen LogP contribution in [0.2, 0.25) is 0 Å². The van der Waals surface area contributed by atoms with Crippen molar-refractivity contribution in [3.63, 3.8) is 0 Å². The molecule has 0 aliphatic heterocycles. The van der Waals surface area contributed by atoms with Crippen molar-refractivity contribution in [2.75, 3.05) is 5.73 Å². The zero-order valence-electron chi connectivity index (χ0n) is 10.5. The Labute approximate surface area is 111 Å². The van der Waals surface area contributed by atoms with Gasteiger partial charge >= 0.3 is 0 Å². The molecule has 1 amide bonds. The first-order valence-electron chi connectivity index (χ1n) is 5.76. The predicted octanol–water partition coefficient (Wildman–Crippen LogP) is 2.88.